The average Bonchev–Trinajstić information content (AvgIpc) is 2.70. The van der Waals surface area contributed by atoms with Gasteiger partial charge < -0.3 is 14.7 Å². The predicted molar refractivity (Wildman–Crippen MR) is 67.8 cm³/mol. The van der Waals surface area contributed by atoms with Gasteiger partial charge in [0.2, 0.25) is 5.89 Å². The molecule has 0 amide bonds. The third kappa shape index (κ3) is 5.28. The highest BCUT2D eigenvalue weighted by atomic mass is 16.5. The fourth-order valence-electron chi connectivity index (χ4n) is 1.64. The summed E-state index contributed by atoms with van der Waals surface area (Å²) in [7, 11) is 3.99. The summed E-state index contributed by atoms with van der Waals surface area (Å²) in [6.07, 6.45) is 3.04. The Balaban J connectivity index is 2.46. The van der Waals surface area contributed by atoms with Crippen molar-refractivity contribution < 1.29 is 4.52 Å². The molecule has 1 heterocycles. The van der Waals surface area contributed by atoms with Gasteiger partial charge in [-0.05, 0) is 33.5 Å². The second kappa shape index (κ2) is 7.40. The summed E-state index contributed by atoms with van der Waals surface area (Å²) in [5.74, 6) is 1.49. The molecule has 1 unspecified atom stereocenters. The van der Waals surface area contributed by atoms with Crippen molar-refractivity contribution in [3.05, 3.63) is 11.7 Å². The van der Waals surface area contributed by atoms with Crippen molar-refractivity contribution in [1.82, 2.24) is 20.4 Å². The zero-order valence-corrected chi connectivity index (χ0v) is 11.4. The van der Waals surface area contributed by atoms with Crippen molar-refractivity contribution in [2.75, 3.05) is 20.6 Å². The summed E-state index contributed by atoms with van der Waals surface area (Å²) in [4.78, 5) is 6.42. The molecule has 0 aliphatic carbocycles. The lowest BCUT2D eigenvalue weighted by Crippen LogP contribution is -2.31. The number of hydrogen-bond donors (Lipinski definition) is 1. The molecule has 0 fully saturated rings. The van der Waals surface area contributed by atoms with E-state index in [0.717, 1.165) is 44.1 Å². The molecule has 0 aliphatic rings. The molecule has 0 aliphatic heterocycles. The van der Waals surface area contributed by atoms with Gasteiger partial charge in [0.1, 0.15) is 0 Å². The lowest BCUT2D eigenvalue weighted by Gasteiger charge is -2.13. The molecule has 0 bridgehead atoms. The van der Waals surface area contributed by atoms with Gasteiger partial charge in [0, 0.05) is 12.5 Å². The van der Waals surface area contributed by atoms with Crippen LogP contribution in [0.25, 0.3) is 0 Å². The van der Waals surface area contributed by atoms with Gasteiger partial charge in [0.15, 0.2) is 5.82 Å². The molecular weight excluding hydrogens is 216 g/mol. The Morgan fingerprint density at radius 1 is 1.35 bits per heavy atom. The van der Waals surface area contributed by atoms with Gasteiger partial charge in [-0.1, -0.05) is 19.0 Å². The van der Waals surface area contributed by atoms with Gasteiger partial charge in [-0.3, -0.25) is 0 Å². The molecule has 0 saturated heterocycles. The molecule has 0 spiro atoms. The molecule has 5 heteroatoms. The molecule has 5 nitrogen and oxygen atoms in total. The Morgan fingerprint density at radius 2 is 2.12 bits per heavy atom. The zero-order chi connectivity index (χ0) is 12.7. The van der Waals surface area contributed by atoms with E-state index in [4.69, 9.17) is 4.52 Å². The van der Waals surface area contributed by atoms with Crippen LogP contribution in [0, 0.1) is 0 Å². The minimum Gasteiger partial charge on any atom is -0.339 e. The summed E-state index contributed by atoms with van der Waals surface area (Å²) >= 11 is 0. The van der Waals surface area contributed by atoms with Crippen LogP contribution in [0.5, 0.6) is 0 Å². The normalized spacial score (nSPS) is 13.2. The van der Waals surface area contributed by atoms with Crippen molar-refractivity contribution in [2.45, 2.75) is 45.7 Å². The van der Waals surface area contributed by atoms with Gasteiger partial charge in [0.05, 0.1) is 6.54 Å². The minimum absolute atomic E-state index is 0.433. The van der Waals surface area contributed by atoms with Crippen LogP contribution >= 0.6 is 0 Å². The lowest BCUT2D eigenvalue weighted by atomic mass is 10.1. The van der Waals surface area contributed by atoms with Crippen LogP contribution in [0.3, 0.4) is 0 Å². The van der Waals surface area contributed by atoms with Gasteiger partial charge in [-0.2, -0.15) is 4.98 Å². The van der Waals surface area contributed by atoms with Crippen molar-refractivity contribution in [3.8, 4) is 0 Å². The van der Waals surface area contributed by atoms with E-state index >= 15 is 0 Å². The van der Waals surface area contributed by atoms with E-state index in [0.29, 0.717) is 6.04 Å². The van der Waals surface area contributed by atoms with E-state index in [-0.39, 0.29) is 0 Å². The molecule has 1 aromatic rings. The molecule has 0 radical (unpaired) electrons. The zero-order valence-electron chi connectivity index (χ0n) is 11.4. The van der Waals surface area contributed by atoms with Crippen molar-refractivity contribution in [1.29, 1.82) is 0 Å². The summed E-state index contributed by atoms with van der Waals surface area (Å²) in [5, 5.41) is 7.45. The molecule has 1 atom stereocenters. The van der Waals surface area contributed by atoms with Crippen LogP contribution < -0.4 is 5.32 Å². The summed E-state index contributed by atoms with van der Waals surface area (Å²) < 4.78 is 5.25. The Kier molecular flexibility index (Phi) is 6.15. The van der Waals surface area contributed by atoms with E-state index in [1.165, 1.54) is 0 Å². The van der Waals surface area contributed by atoms with Crippen molar-refractivity contribution in [3.63, 3.8) is 0 Å². The molecular formula is C12H24N4O. The topological polar surface area (TPSA) is 54.2 Å². The number of aromatic nitrogens is 2. The quantitative estimate of drug-likeness (QED) is 0.745. The lowest BCUT2D eigenvalue weighted by molar-refractivity contribution is 0.337. The molecule has 98 valence electrons. The highest BCUT2D eigenvalue weighted by molar-refractivity contribution is 4.89. The molecule has 0 saturated carbocycles. The Hall–Kier alpha value is -0.940. The first-order valence-corrected chi connectivity index (χ1v) is 6.35. The third-order valence-corrected chi connectivity index (χ3v) is 2.56. The second-order valence-corrected chi connectivity index (χ2v) is 4.61. The SMILES string of the molecule is CCCNC(CC)Cc1nc(CN(C)C)no1. The molecule has 17 heavy (non-hydrogen) atoms. The fraction of sp³-hybridized carbons (Fsp3) is 0.833. The number of nitrogens with one attached hydrogen (secondary N) is 1. The second-order valence-electron chi connectivity index (χ2n) is 4.61. The monoisotopic (exact) mass is 240 g/mol. The third-order valence-electron chi connectivity index (χ3n) is 2.56. The molecule has 1 rings (SSSR count). The molecule has 1 N–H and O–H groups in total. The largest absolute Gasteiger partial charge is 0.339 e. The number of nitrogens with zero attached hydrogens (tertiary/aromatic N) is 3. The van der Waals surface area contributed by atoms with E-state index in [1.54, 1.807) is 0 Å². The summed E-state index contributed by atoms with van der Waals surface area (Å²) in [6.45, 7) is 6.10. The molecule has 0 aromatic carbocycles. The van der Waals surface area contributed by atoms with Gasteiger partial charge in [0.25, 0.3) is 0 Å². The highest BCUT2D eigenvalue weighted by Gasteiger charge is 2.12. The van der Waals surface area contributed by atoms with E-state index in [2.05, 4.69) is 29.3 Å². The minimum atomic E-state index is 0.433. The van der Waals surface area contributed by atoms with Gasteiger partial charge in [-0.15, -0.1) is 0 Å². The maximum absolute atomic E-state index is 5.25. The highest BCUT2D eigenvalue weighted by Crippen LogP contribution is 2.05. The van der Waals surface area contributed by atoms with Crippen molar-refractivity contribution in [2.24, 2.45) is 0 Å². The van der Waals surface area contributed by atoms with Crippen LogP contribution in [0.15, 0.2) is 4.52 Å². The predicted octanol–water partition coefficient (Wildman–Crippen LogP) is 1.45. The summed E-state index contributed by atoms with van der Waals surface area (Å²) in [5.41, 5.74) is 0. The first-order chi connectivity index (χ1) is 8.15. The number of hydrogen-bond acceptors (Lipinski definition) is 5. The molecule has 1 aromatic heterocycles. The van der Waals surface area contributed by atoms with E-state index in [1.807, 2.05) is 19.0 Å². The van der Waals surface area contributed by atoms with Crippen LogP contribution in [0.2, 0.25) is 0 Å². The Labute approximate surface area is 104 Å². The smallest absolute Gasteiger partial charge is 0.228 e. The maximum Gasteiger partial charge on any atom is 0.228 e. The van der Waals surface area contributed by atoms with Crippen LogP contribution in [-0.2, 0) is 13.0 Å². The standard InChI is InChI=1S/C12H24N4O/c1-5-7-13-10(6-2)8-12-14-11(15-17-12)9-16(3)4/h10,13H,5-9H2,1-4H3. The Bertz CT molecular complexity index is 311. The first-order valence-electron chi connectivity index (χ1n) is 6.35. The summed E-state index contributed by atoms with van der Waals surface area (Å²) in [6, 6.07) is 0.433. The van der Waals surface area contributed by atoms with Crippen LogP contribution in [0.1, 0.15) is 38.4 Å². The Morgan fingerprint density at radius 3 is 2.71 bits per heavy atom. The van der Waals surface area contributed by atoms with E-state index in [9.17, 15) is 0 Å². The number of rotatable bonds is 8. The van der Waals surface area contributed by atoms with E-state index < -0.39 is 0 Å². The first kappa shape index (κ1) is 14.1. The van der Waals surface area contributed by atoms with Crippen LogP contribution in [-0.4, -0.2) is 41.7 Å². The maximum atomic E-state index is 5.25. The average molecular weight is 240 g/mol. The van der Waals surface area contributed by atoms with Gasteiger partial charge >= 0.3 is 0 Å². The van der Waals surface area contributed by atoms with Crippen molar-refractivity contribution >= 4 is 0 Å². The van der Waals surface area contributed by atoms with Gasteiger partial charge in [-0.25, -0.2) is 0 Å². The fourth-order valence-corrected chi connectivity index (χ4v) is 1.64. The van der Waals surface area contributed by atoms with Crippen LogP contribution in [0.4, 0.5) is 0 Å².